The number of carbonyl (C=O) groups is 1. The summed E-state index contributed by atoms with van der Waals surface area (Å²) in [4.78, 5) is 20.1. The maximum absolute atomic E-state index is 13.2. The normalized spacial score (nSPS) is 12.0. The van der Waals surface area contributed by atoms with E-state index >= 15 is 0 Å². The first-order valence-corrected chi connectivity index (χ1v) is 14.7. The highest BCUT2D eigenvalue weighted by molar-refractivity contribution is 7.90. The molecule has 7 heteroatoms. The van der Waals surface area contributed by atoms with Crippen LogP contribution in [-0.2, 0) is 27.8 Å². The largest absolute Gasteiger partial charge is 0.305 e. The zero-order valence-electron chi connectivity index (χ0n) is 23.5. The summed E-state index contributed by atoms with van der Waals surface area (Å²) in [6.07, 6.45) is -0.0234. The first-order chi connectivity index (χ1) is 18.4. The van der Waals surface area contributed by atoms with Gasteiger partial charge >= 0.3 is 0 Å². The molecule has 0 atom stereocenters. The topological polar surface area (TPSA) is 79.4 Å². The van der Waals surface area contributed by atoms with Gasteiger partial charge in [0.2, 0.25) is 5.91 Å². The lowest BCUT2D eigenvalue weighted by Crippen LogP contribution is -2.32. The number of benzene rings is 3. The van der Waals surface area contributed by atoms with Crippen LogP contribution in [0.5, 0.6) is 0 Å². The molecule has 0 unspecified atom stereocenters. The van der Waals surface area contributed by atoms with Crippen molar-refractivity contribution in [1.29, 1.82) is 0 Å². The van der Waals surface area contributed by atoms with Crippen molar-refractivity contribution in [2.24, 2.45) is 0 Å². The van der Waals surface area contributed by atoms with Crippen LogP contribution in [0.15, 0.2) is 77.7 Å². The van der Waals surface area contributed by atoms with Gasteiger partial charge in [-0.1, -0.05) is 64.1 Å². The van der Waals surface area contributed by atoms with Crippen molar-refractivity contribution in [3.05, 3.63) is 95.1 Å². The Morgan fingerprint density at radius 2 is 1.49 bits per heavy atom. The highest BCUT2D eigenvalue weighted by Crippen LogP contribution is 2.34. The fourth-order valence-electron chi connectivity index (χ4n) is 4.87. The molecule has 0 aliphatic rings. The van der Waals surface area contributed by atoms with Crippen LogP contribution in [0.25, 0.3) is 22.2 Å². The molecule has 0 radical (unpaired) electrons. The molecule has 1 aromatic heterocycles. The van der Waals surface area contributed by atoms with Gasteiger partial charge in [-0.15, -0.1) is 0 Å². The summed E-state index contributed by atoms with van der Waals surface area (Å²) in [5.74, 6) is -0.286. The lowest BCUT2D eigenvalue weighted by atomic mass is 9.84. The number of nitrogens with zero attached hydrogens (tertiary/aromatic N) is 2. The van der Waals surface area contributed by atoms with Crippen LogP contribution in [-0.4, -0.2) is 38.3 Å². The number of hydrogen-bond acceptors (Lipinski definition) is 5. The molecule has 4 aromatic rings. The van der Waals surface area contributed by atoms with E-state index in [9.17, 15) is 13.2 Å². The van der Waals surface area contributed by atoms with Crippen LogP contribution in [0.2, 0.25) is 0 Å². The molecule has 6 nitrogen and oxygen atoms in total. The Bertz CT molecular complexity index is 1560. The van der Waals surface area contributed by atoms with Crippen molar-refractivity contribution >= 4 is 26.8 Å². The minimum Gasteiger partial charge on any atom is -0.305 e. The second-order valence-electron chi connectivity index (χ2n) is 10.9. The molecule has 1 heterocycles. The number of aromatic nitrogens is 1. The van der Waals surface area contributed by atoms with E-state index < -0.39 is 15.9 Å². The van der Waals surface area contributed by atoms with Gasteiger partial charge in [0, 0.05) is 17.5 Å². The number of amides is 1. The Labute approximate surface area is 232 Å². The summed E-state index contributed by atoms with van der Waals surface area (Å²) < 4.78 is 28.3. The Kier molecular flexibility index (Phi) is 8.52. The van der Waals surface area contributed by atoms with E-state index in [1.807, 2.05) is 49.3 Å². The first kappa shape index (κ1) is 28.5. The van der Waals surface area contributed by atoms with E-state index in [0.29, 0.717) is 6.54 Å². The third-order valence-corrected chi connectivity index (χ3v) is 8.16. The molecular formula is C32H37N3O3S. The maximum atomic E-state index is 13.2. The van der Waals surface area contributed by atoms with Crippen LogP contribution >= 0.6 is 0 Å². The predicted molar refractivity (Wildman–Crippen MR) is 158 cm³/mol. The molecule has 1 amide bonds. The van der Waals surface area contributed by atoms with Crippen molar-refractivity contribution in [1.82, 2.24) is 14.6 Å². The Morgan fingerprint density at radius 3 is 2.08 bits per heavy atom. The lowest BCUT2D eigenvalue weighted by molar-refractivity contribution is -0.118. The SMILES string of the molecule is CC(C)c1cc(-c2ccc3ccccc3n2)cc(C(C)C)c1CC(=O)NS(=O)(=O)c1ccc(CN(C)C)cc1. The van der Waals surface area contributed by atoms with Crippen LogP contribution in [0, 0.1) is 0 Å². The standard InChI is InChI=1S/C32H37N3O3S/c1-21(2)27-17-25(31-16-13-24-9-7-8-10-30(24)33-31)18-28(22(3)4)29(27)19-32(36)34-39(37,38)26-14-11-23(12-15-26)20-35(5)6/h7-18,21-22H,19-20H2,1-6H3,(H,34,36). The highest BCUT2D eigenvalue weighted by Gasteiger charge is 2.23. The molecule has 0 bridgehead atoms. The number of carbonyl (C=O) groups excluding carboxylic acids is 1. The maximum Gasteiger partial charge on any atom is 0.264 e. The quantitative estimate of drug-likeness (QED) is 0.270. The second-order valence-corrected chi connectivity index (χ2v) is 12.6. The number of sulfonamides is 1. The van der Waals surface area contributed by atoms with Gasteiger partial charge < -0.3 is 4.90 Å². The fraction of sp³-hybridized carbons (Fsp3) is 0.312. The highest BCUT2D eigenvalue weighted by atomic mass is 32.2. The van der Waals surface area contributed by atoms with Crippen molar-refractivity contribution in [2.75, 3.05) is 14.1 Å². The summed E-state index contributed by atoms with van der Waals surface area (Å²) >= 11 is 0. The van der Waals surface area contributed by atoms with Gasteiger partial charge in [0.1, 0.15) is 0 Å². The molecule has 39 heavy (non-hydrogen) atoms. The molecule has 0 aliphatic carbocycles. The van der Waals surface area contributed by atoms with E-state index in [1.165, 1.54) is 0 Å². The number of nitrogens with one attached hydrogen (secondary N) is 1. The molecule has 0 saturated heterocycles. The van der Waals surface area contributed by atoms with Gasteiger partial charge in [0.05, 0.1) is 22.5 Å². The minimum absolute atomic E-state index is 0.0234. The lowest BCUT2D eigenvalue weighted by Gasteiger charge is -2.21. The van der Waals surface area contributed by atoms with Crippen molar-refractivity contribution < 1.29 is 13.2 Å². The van der Waals surface area contributed by atoms with Gasteiger partial charge in [-0.05, 0) is 84.6 Å². The second kappa shape index (κ2) is 11.7. The summed E-state index contributed by atoms with van der Waals surface area (Å²) in [6.45, 7) is 9.05. The molecule has 3 aromatic carbocycles. The molecular weight excluding hydrogens is 506 g/mol. The van der Waals surface area contributed by atoms with Crippen molar-refractivity contribution in [2.45, 2.75) is 57.4 Å². The number of rotatable bonds is 9. The van der Waals surface area contributed by atoms with E-state index in [2.05, 4.69) is 50.6 Å². The Hall–Kier alpha value is -3.55. The van der Waals surface area contributed by atoms with Gasteiger partial charge in [-0.2, -0.15) is 0 Å². The Morgan fingerprint density at radius 1 is 0.872 bits per heavy atom. The van der Waals surface area contributed by atoms with Crippen LogP contribution in [0.1, 0.15) is 61.8 Å². The first-order valence-electron chi connectivity index (χ1n) is 13.3. The molecule has 204 valence electrons. The van der Waals surface area contributed by atoms with Crippen LogP contribution < -0.4 is 4.72 Å². The molecule has 0 saturated carbocycles. The van der Waals surface area contributed by atoms with Gasteiger partial charge in [0.15, 0.2) is 0 Å². The van der Waals surface area contributed by atoms with Crippen LogP contribution in [0.3, 0.4) is 0 Å². The average Bonchev–Trinajstić information content (AvgIpc) is 2.87. The summed E-state index contributed by atoms with van der Waals surface area (Å²) in [5, 5.41) is 1.08. The smallest absolute Gasteiger partial charge is 0.264 e. The number of pyridine rings is 1. The fourth-order valence-corrected chi connectivity index (χ4v) is 5.86. The number of fused-ring (bicyclic) bond motifs is 1. The van der Waals surface area contributed by atoms with E-state index in [0.717, 1.165) is 44.4 Å². The van der Waals surface area contributed by atoms with Gasteiger partial charge in [-0.25, -0.2) is 18.1 Å². The van der Waals surface area contributed by atoms with Crippen molar-refractivity contribution in [3.8, 4) is 11.3 Å². The summed E-state index contributed by atoms with van der Waals surface area (Å²) in [7, 11) is -0.0842. The summed E-state index contributed by atoms with van der Waals surface area (Å²) in [5.41, 5.74) is 6.69. The number of para-hydroxylation sites is 1. The van der Waals surface area contributed by atoms with E-state index in [4.69, 9.17) is 4.98 Å². The zero-order chi connectivity index (χ0) is 28.3. The average molecular weight is 544 g/mol. The third-order valence-electron chi connectivity index (χ3n) is 6.78. The molecule has 4 rings (SSSR count). The molecule has 1 N–H and O–H groups in total. The van der Waals surface area contributed by atoms with Crippen LogP contribution in [0.4, 0.5) is 0 Å². The van der Waals surface area contributed by atoms with Crippen molar-refractivity contribution in [3.63, 3.8) is 0 Å². The molecule has 0 aliphatic heterocycles. The molecule has 0 fully saturated rings. The Balaban J connectivity index is 1.65. The number of hydrogen-bond donors (Lipinski definition) is 1. The van der Waals surface area contributed by atoms with E-state index in [1.54, 1.807) is 24.3 Å². The monoisotopic (exact) mass is 543 g/mol. The van der Waals surface area contributed by atoms with E-state index in [-0.39, 0.29) is 23.2 Å². The third kappa shape index (κ3) is 6.72. The minimum atomic E-state index is -3.99. The molecule has 0 spiro atoms. The van der Waals surface area contributed by atoms with Gasteiger partial charge in [0.25, 0.3) is 10.0 Å². The summed E-state index contributed by atoms with van der Waals surface area (Å²) in [6, 6.07) is 22.9. The zero-order valence-corrected chi connectivity index (χ0v) is 24.3. The van der Waals surface area contributed by atoms with Gasteiger partial charge in [-0.3, -0.25) is 4.79 Å². The predicted octanol–water partition coefficient (Wildman–Crippen LogP) is 6.26.